The lowest BCUT2D eigenvalue weighted by atomic mass is 10.1. The zero-order chi connectivity index (χ0) is 26.6. The van der Waals surface area contributed by atoms with E-state index in [9.17, 15) is 0 Å². The van der Waals surface area contributed by atoms with Gasteiger partial charge in [0.25, 0.3) is 0 Å². The molecular formula is C29H29N9. The number of anilines is 1. The molecule has 5 rings (SSSR count). The molecule has 0 aliphatic rings. The third kappa shape index (κ3) is 5.14. The minimum absolute atomic E-state index is 0.653. The van der Waals surface area contributed by atoms with Gasteiger partial charge in [0, 0.05) is 46.9 Å². The lowest BCUT2D eigenvalue weighted by Gasteiger charge is -2.14. The zero-order valence-electron chi connectivity index (χ0n) is 21.7. The van der Waals surface area contributed by atoms with Crippen molar-refractivity contribution in [3.05, 3.63) is 103 Å². The summed E-state index contributed by atoms with van der Waals surface area (Å²) in [5.41, 5.74) is 8.32. The first kappa shape index (κ1) is 24.8. The van der Waals surface area contributed by atoms with Gasteiger partial charge in [-0.15, -0.1) is 0 Å². The normalized spacial score (nSPS) is 11.7. The summed E-state index contributed by atoms with van der Waals surface area (Å²) in [5.74, 6) is 0.653. The maximum atomic E-state index is 4.92. The second-order valence-corrected chi connectivity index (χ2v) is 9.21. The number of hydrogen-bond donors (Lipinski definition) is 3. The first-order chi connectivity index (χ1) is 18.4. The van der Waals surface area contributed by atoms with Crippen molar-refractivity contribution in [1.29, 1.82) is 0 Å². The molecule has 0 fully saturated rings. The van der Waals surface area contributed by atoms with Gasteiger partial charge in [0.1, 0.15) is 5.69 Å². The van der Waals surface area contributed by atoms with Crippen LogP contribution in [0.2, 0.25) is 0 Å². The molecule has 0 amide bonds. The van der Waals surface area contributed by atoms with Crippen LogP contribution < -0.4 is 5.32 Å². The number of H-pyrrole nitrogens is 2. The van der Waals surface area contributed by atoms with Crippen LogP contribution in [0.4, 0.5) is 5.69 Å². The fourth-order valence-electron chi connectivity index (χ4n) is 4.29. The topological polar surface area (TPSA) is 111 Å². The number of aromatic nitrogens is 7. The van der Waals surface area contributed by atoms with Gasteiger partial charge in [-0.05, 0) is 45.3 Å². The van der Waals surface area contributed by atoms with Gasteiger partial charge >= 0.3 is 0 Å². The summed E-state index contributed by atoms with van der Waals surface area (Å²) >= 11 is 0. The Morgan fingerprint density at radius 2 is 2.00 bits per heavy atom. The lowest BCUT2D eigenvalue weighted by molar-refractivity contribution is 0.447. The summed E-state index contributed by atoms with van der Waals surface area (Å²) in [6, 6.07) is 9.81. The Balaban J connectivity index is 1.51. The van der Waals surface area contributed by atoms with E-state index >= 15 is 0 Å². The maximum absolute atomic E-state index is 4.92. The van der Waals surface area contributed by atoms with E-state index in [4.69, 9.17) is 4.98 Å². The average molecular weight is 504 g/mol. The number of imidazole rings is 1. The number of likely N-dealkylation sites (N-methyl/N-ethyl adjacent to an activating group) is 1. The minimum atomic E-state index is 0.653. The lowest BCUT2D eigenvalue weighted by Crippen LogP contribution is -2.18. The number of allylic oxidation sites excluding steroid dienone is 2. The van der Waals surface area contributed by atoms with Crippen LogP contribution in [-0.4, -0.2) is 60.7 Å². The Bertz CT molecular complexity index is 1640. The SMILES string of the molecule is C=C/C=C(/c1ccccn1)c1nc(-c2n[nH]c3cnc(-c4cncc(NC(=C)CN(C)C)c4)cc23)[nH]c1C. The molecule has 38 heavy (non-hydrogen) atoms. The quantitative estimate of drug-likeness (QED) is 0.237. The Kier molecular flexibility index (Phi) is 6.92. The van der Waals surface area contributed by atoms with E-state index in [0.717, 1.165) is 62.7 Å². The van der Waals surface area contributed by atoms with Crippen LogP contribution in [0.3, 0.4) is 0 Å². The Morgan fingerprint density at radius 3 is 2.76 bits per heavy atom. The van der Waals surface area contributed by atoms with Crippen LogP contribution in [-0.2, 0) is 0 Å². The number of hydrogen-bond acceptors (Lipinski definition) is 7. The monoisotopic (exact) mass is 503 g/mol. The molecule has 9 nitrogen and oxygen atoms in total. The highest BCUT2D eigenvalue weighted by Gasteiger charge is 2.19. The van der Waals surface area contributed by atoms with Crippen molar-refractivity contribution in [3.63, 3.8) is 0 Å². The molecule has 3 N–H and O–H groups in total. The largest absolute Gasteiger partial charge is 0.357 e. The first-order valence-electron chi connectivity index (χ1n) is 12.1. The van der Waals surface area contributed by atoms with E-state index in [1.165, 1.54) is 0 Å². The van der Waals surface area contributed by atoms with Crippen molar-refractivity contribution in [2.24, 2.45) is 0 Å². The van der Waals surface area contributed by atoms with Crippen LogP contribution in [0.25, 0.3) is 39.3 Å². The van der Waals surface area contributed by atoms with Gasteiger partial charge < -0.3 is 15.2 Å². The van der Waals surface area contributed by atoms with E-state index < -0.39 is 0 Å². The van der Waals surface area contributed by atoms with Gasteiger partial charge in [-0.1, -0.05) is 31.4 Å². The number of nitrogens with zero attached hydrogens (tertiary/aromatic N) is 6. The fourth-order valence-corrected chi connectivity index (χ4v) is 4.29. The van der Waals surface area contributed by atoms with Crippen molar-refractivity contribution < 1.29 is 0 Å². The maximum Gasteiger partial charge on any atom is 0.159 e. The predicted octanol–water partition coefficient (Wildman–Crippen LogP) is 5.22. The second-order valence-electron chi connectivity index (χ2n) is 9.21. The molecule has 0 aliphatic carbocycles. The van der Waals surface area contributed by atoms with Gasteiger partial charge in [0.2, 0.25) is 0 Å². The number of rotatable bonds is 9. The molecule has 0 aliphatic heterocycles. The van der Waals surface area contributed by atoms with Crippen molar-refractivity contribution >= 4 is 22.2 Å². The smallest absolute Gasteiger partial charge is 0.159 e. The number of aryl methyl sites for hydroxylation is 1. The molecule has 190 valence electrons. The van der Waals surface area contributed by atoms with Crippen molar-refractivity contribution in [1.82, 2.24) is 40.0 Å². The van der Waals surface area contributed by atoms with Crippen molar-refractivity contribution in [3.8, 4) is 22.8 Å². The van der Waals surface area contributed by atoms with Crippen LogP contribution in [0.15, 0.2) is 86.1 Å². The molecule has 0 atom stereocenters. The number of pyridine rings is 3. The standard InChI is InChI=1S/C29H29N9/c1-6-9-22(24-10-7-8-11-31-24)27-19(3)34-29(35-27)28-23-13-25(32-16-26(23)36-37-28)20-12-21(15-30-14-20)33-18(2)17-38(4)5/h6-16,33H,1-2,17H2,3-5H3,(H,34,35)(H,36,37)/b22-9-. The second kappa shape index (κ2) is 10.6. The zero-order valence-corrected chi connectivity index (χ0v) is 21.7. The van der Waals surface area contributed by atoms with Gasteiger partial charge in [-0.3, -0.25) is 20.1 Å². The molecule has 0 bridgehead atoms. The van der Waals surface area contributed by atoms with Crippen LogP contribution >= 0.6 is 0 Å². The van der Waals surface area contributed by atoms with E-state index in [1.54, 1.807) is 30.9 Å². The van der Waals surface area contributed by atoms with E-state index in [0.29, 0.717) is 11.5 Å². The van der Waals surface area contributed by atoms with Crippen LogP contribution in [0, 0.1) is 6.92 Å². The predicted molar refractivity (Wildman–Crippen MR) is 152 cm³/mol. The molecule has 9 heteroatoms. The molecule has 0 saturated heterocycles. The number of fused-ring (bicyclic) bond motifs is 1. The van der Waals surface area contributed by atoms with Crippen LogP contribution in [0.5, 0.6) is 0 Å². The molecular weight excluding hydrogens is 474 g/mol. The van der Waals surface area contributed by atoms with E-state index in [-0.39, 0.29) is 0 Å². The molecule has 0 saturated carbocycles. The Labute approximate surface area is 221 Å². The molecule has 5 aromatic heterocycles. The molecule has 0 spiro atoms. The van der Waals surface area contributed by atoms with Gasteiger partial charge in [0.15, 0.2) is 5.82 Å². The molecule has 5 heterocycles. The Morgan fingerprint density at radius 1 is 1.13 bits per heavy atom. The Hall–Kier alpha value is -4.89. The molecule has 5 aromatic rings. The van der Waals surface area contributed by atoms with Gasteiger partial charge in [-0.2, -0.15) is 5.10 Å². The highest BCUT2D eigenvalue weighted by molar-refractivity contribution is 5.93. The highest BCUT2D eigenvalue weighted by Crippen LogP contribution is 2.31. The fraction of sp³-hybridized carbons (Fsp3) is 0.138. The summed E-state index contributed by atoms with van der Waals surface area (Å²) in [4.78, 5) is 23.9. The first-order valence-corrected chi connectivity index (χ1v) is 12.1. The average Bonchev–Trinajstić information content (AvgIpc) is 3.50. The highest BCUT2D eigenvalue weighted by atomic mass is 15.1. The molecule has 0 aromatic carbocycles. The summed E-state index contributed by atoms with van der Waals surface area (Å²) in [6.45, 7) is 10.7. The summed E-state index contributed by atoms with van der Waals surface area (Å²) in [6.07, 6.45) is 10.8. The van der Waals surface area contributed by atoms with E-state index in [2.05, 4.69) is 53.5 Å². The van der Waals surface area contributed by atoms with Crippen molar-refractivity contribution in [2.75, 3.05) is 26.0 Å². The third-order valence-electron chi connectivity index (χ3n) is 5.90. The van der Waals surface area contributed by atoms with E-state index in [1.807, 2.05) is 57.4 Å². The van der Waals surface area contributed by atoms with Crippen molar-refractivity contribution in [2.45, 2.75) is 6.92 Å². The van der Waals surface area contributed by atoms with Gasteiger partial charge in [0.05, 0.1) is 40.7 Å². The number of aromatic amines is 2. The molecule has 0 unspecified atom stereocenters. The summed E-state index contributed by atoms with van der Waals surface area (Å²) in [7, 11) is 4.00. The summed E-state index contributed by atoms with van der Waals surface area (Å²) in [5, 5.41) is 11.9. The van der Waals surface area contributed by atoms with Gasteiger partial charge in [-0.25, -0.2) is 4.98 Å². The number of nitrogens with one attached hydrogen (secondary N) is 3. The van der Waals surface area contributed by atoms with Crippen LogP contribution in [0.1, 0.15) is 17.1 Å². The minimum Gasteiger partial charge on any atom is -0.357 e. The third-order valence-corrected chi connectivity index (χ3v) is 5.90. The molecule has 0 radical (unpaired) electrons. The summed E-state index contributed by atoms with van der Waals surface area (Å²) < 4.78 is 0.